The van der Waals surface area contributed by atoms with E-state index in [1.807, 2.05) is 0 Å². The fourth-order valence-electron chi connectivity index (χ4n) is 3.40. The zero-order valence-electron chi connectivity index (χ0n) is 15.8. The molecule has 0 saturated heterocycles. The van der Waals surface area contributed by atoms with Crippen LogP contribution in [0, 0.1) is 13.8 Å². The number of fused-ring (bicyclic) bond motifs is 1. The summed E-state index contributed by atoms with van der Waals surface area (Å²) in [6, 6.07) is 16.8. The Morgan fingerprint density at radius 3 is 2.30 bits per heavy atom. The molecule has 136 valence electrons. The van der Waals surface area contributed by atoms with E-state index in [9.17, 15) is 4.79 Å². The molecule has 0 bridgehead atoms. The molecule has 0 N–H and O–H groups in total. The molecule has 0 aliphatic heterocycles. The largest absolute Gasteiger partial charge is 0.294 e. The van der Waals surface area contributed by atoms with Gasteiger partial charge in [-0.1, -0.05) is 61.0 Å². The molecule has 4 aromatic rings. The van der Waals surface area contributed by atoms with Crippen molar-refractivity contribution >= 4 is 21.6 Å². The van der Waals surface area contributed by atoms with Crippen molar-refractivity contribution in [2.45, 2.75) is 33.7 Å². The number of hydrogen-bond acceptors (Lipinski definition) is 3. The summed E-state index contributed by atoms with van der Waals surface area (Å²) in [5.41, 5.74) is 5.74. The third-order valence-electron chi connectivity index (χ3n) is 4.98. The predicted octanol–water partition coefficient (Wildman–Crippen LogP) is 5.35. The quantitative estimate of drug-likeness (QED) is 0.482. The lowest BCUT2D eigenvalue weighted by atomic mass is 10.0. The van der Waals surface area contributed by atoms with Crippen molar-refractivity contribution in [1.82, 2.24) is 9.55 Å². The average Bonchev–Trinajstić information content (AvgIpc) is 3.02. The molecule has 0 unspecified atom stereocenters. The summed E-state index contributed by atoms with van der Waals surface area (Å²) < 4.78 is 1.72. The van der Waals surface area contributed by atoms with Crippen LogP contribution in [0.25, 0.3) is 21.3 Å². The van der Waals surface area contributed by atoms with Crippen LogP contribution >= 0.6 is 11.3 Å². The van der Waals surface area contributed by atoms with E-state index in [2.05, 4.69) is 74.3 Å². The second kappa shape index (κ2) is 7.12. The lowest BCUT2D eigenvalue weighted by molar-refractivity contribution is 0.749. The van der Waals surface area contributed by atoms with Gasteiger partial charge in [0.2, 0.25) is 0 Å². The van der Waals surface area contributed by atoms with Crippen molar-refractivity contribution in [2.24, 2.45) is 0 Å². The van der Waals surface area contributed by atoms with Crippen LogP contribution in [0.4, 0.5) is 0 Å². The summed E-state index contributed by atoms with van der Waals surface area (Å²) in [5.74, 6) is 0. The summed E-state index contributed by atoms with van der Waals surface area (Å²) in [7, 11) is 0. The Morgan fingerprint density at radius 2 is 1.63 bits per heavy atom. The molecule has 0 aliphatic carbocycles. The molecule has 0 radical (unpaired) electrons. The normalized spacial score (nSPS) is 11.2. The summed E-state index contributed by atoms with van der Waals surface area (Å²) in [6.07, 6.45) is 2.69. The molecule has 2 aromatic heterocycles. The highest BCUT2D eigenvalue weighted by molar-refractivity contribution is 7.19. The van der Waals surface area contributed by atoms with Gasteiger partial charge >= 0.3 is 0 Å². The minimum Gasteiger partial charge on any atom is -0.294 e. The minimum absolute atomic E-state index is 0.0273. The van der Waals surface area contributed by atoms with Gasteiger partial charge in [-0.05, 0) is 37.0 Å². The number of nitrogens with zero attached hydrogens (tertiary/aromatic N) is 2. The molecular weight excluding hydrogens is 352 g/mol. The standard InChI is InChI=1S/C23H22N2OS/c1-4-17-7-9-18(10-8-17)13-25-14-24-22-21(23(25)26)20(16(3)27-22)19-11-5-15(2)6-12-19/h5-12,14H,4,13H2,1-3H3. The van der Waals surface area contributed by atoms with E-state index in [0.717, 1.165) is 38.2 Å². The first-order valence-electron chi connectivity index (χ1n) is 9.20. The van der Waals surface area contributed by atoms with E-state index in [0.29, 0.717) is 6.54 Å². The van der Waals surface area contributed by atoms with E-state index in [1.54, 1.807) is 22.2 Å². The van der Waals surface area contributed by atoms with Gasteiger partial charge in [-0.2, -0.15) is 0 Å². The molecule has 2 heterocycles. The Bertz CT molecular complexity index is 1150. The topological polar surface area (TPSA) is 34.9 Å². The Kier molecular flexibility index (Phi) is 4.66. The first-order chi connectivity index (χ1) is 13.1. The van der Waals surface area contributed by atoms with Crippen molar-refractivity contribution in [1.29, 1.82) is 0 Å². The van der Waals surface area contributed by atoms with Crippen LogP contribution in [-0.2, 0) is 13.0 Å². The van der Waals surface area contributed by atoms with Crippen LogP contribution in [0.15, 0.2) is 59.7 Å². The van der Waals surface area contributed by atoms with E-state index < -0.39 is 0 Å². The van der Waals surface area contributed by atoms with Gasteiger partial charge in [0.15, 0.2) is 0 Å². The Balaban J connectivity index is 1.82. The van der Waals surface area contributed by atoms with Crippen LogP contribution in [0.2, 0.25) is 0 Å². The maximum Gasteiger partial charge on any atom is 0.263 e. The number of rotatable bonds is 4. The first kappa shape index (κ1) is 17.7. The van der Waals surface area contributed by atoms with Gasteiger partial charge in [0.1, 0.15) is 4.83 Å². The van der Waals surface area contributed by atoms with Gasteiger partial charge in [0.25, 0.3) is 5.56 Å². The van der Waals surface area contributed by atoms with Crippen molar-refractivity contribution < 1.29 is 0 Å². The molecular formula is C23H22N2OS. The average molecular weight is 375 g/mol. The molecule has 0 spiro atoms. The molecule has 2 aromatic carbocycles. The van der Waals surface area contributed by atoms with Gasteiger partial charge in [-0.25, -0.2) is 4.98 Å². The number of aryl methyl sites for hydroxylation is 3. The van der Waals surface area contributed by atoms with E-state index in [4.69, 9.17) is 0 Å². The maximum absolute atomic E-state index is 13.3. The van der Waals surface area contributed by atoms with Crippen LogP contribution in [0.5, 0.6) is 0 Å². The van der Waals surface area contributed by atoms with Crippen LogP contribution in [0.1, 0.15) is 28.5 Å². The molecule has 27 heavy (non-hydrogen) atoms. The second-order valence-corrected chi connectivity index (χ2v) is 8.13. The molecule has 4 rings (SSSR count). The zero-order chi connectivity index (χ0) is 19.0. The van der Waals surface area contributed by atoms with Crippen molar-refractivity contribution in [3.05, 3.63) is 86.8 Å². The van der Waals surface area contributed by atoms with E-state index in [1.165, 1.54) is 11.1 Å². The first-order valence-corrected chi connectivity index (χ1v) is 10.0. The van der Waals surface area contributed by atoms with E-state index >= 15 is 0 Å². The molecule has 0 amide bonds. The molecule has 4 heteroatoms. The predicted molar refractivity (Wildman–Crippen MR) is 114 cm³/mol. The number of hydrogen-bond donors (Lipinski definition) is 0. The zero-order valence-corrected chi connectivity index (χ0v) is 16.6. The lowest BCUT2D eigenvalue weighted by Crippen LogP contribution is -2.21. The number of benzene rings is 2. The van der Waals surface area contributed by atoms with E-state index in [-0.39, 0.29) is 5.56 Å². The second-order valence-electron chi connectivity index (χ2n) is 6.93. The van der Waals surface area contributed by atoms with Gasteiger partial charge in [-0.3, -0.25) is 9.36 Å². The Hall–Kier alpha value is -2.72. The van der Waals surface area contributed by atoms with Gasteiger partial charge in [-0.15, -0.1) is 11.3 Å². The van der Waals surface area contributed by atoms with Crippen LogP contribution in [0.3, 0.4) is 0 Å². The van der Waals surface area contributed by atoms with Gasteiger partial charge in [0.05, 0.1) is 18.3 Å². The SMILES string of the molecule is CCc1ccc(Cn2cnc3sc(C)c(-c4ccc(C)cc4)c3c2=O)cc1. The highest BCUT2D eigenvalue weighted by Gasteiger charge is 2.17. The number of aromatic nitrogens is 2. The maximum atomic E-state index is 13.3. The van der Waals surface area contributed by atoms with Crippen molar-refractivity contribution in [3.63, 3.8) is 0 Å². The molecule has 0 atom stereocenters. The molecule has 0 fully saturated rings. The monoisotopic (exact) mass is 374 g/mol. The fourth-order valence-corrected chi connectivity index (χ4v) is 4.40. The van der Waals surface area contributed by atoms with Crippen molar-refractivity contribution in [2.75, 3.05) is 0 Å². The Labute approximate surface area is 163 Å². The minimum atomic E-state index is 0.0273. The lowest BCUT2D eigenvalue weighted by Gasteiger charge is -2.08. The van der Waals surface area contributed by atoms with Crippen LogP contribution in [-0.4, -0.2) is 9.55 Å². The third kappa shape index (κ3) is 3.33. The van der Waals surface area contributed by atoms with Crippen LogP contribution < -0.4 is 5.56 Å². The third-order valence-corrected chi connectivity index (χ3v) is 5.99. The summed E-state index contributed by atoms with van der Waals surface area (Å²) in [5, 5.41) is 0.731. The molecule has 0 aliphatic rings. The fraction of sp³-hybridized carbons (Fsp3) is 0.217. The molecule has 0 saturated carbocycles. The summed E-state index contributed by atoms with van der Waals surface area (Å²) in [6.45, 7) is 6.81. The Morgan fingerprint density at radius 1 is 0.963 bits per heavy atom. The summed E-state index contributed by atoms with van der Waals surface area (Å²) in [4.78, 5) is 19.8. The smallest absolute Gasteiger partial charge is 0.263 e. The highest BCUT2D eigenvalue weighted by Crippen LogP contribution is 2.35. The van der Waals surface area contributed by atoms with Gasteiger partial charge < -0.3 is 0 Å². The summed E-state index contributed by atoms with van der Waals surface area (Å²) >= 11 is 1.59. The molecule has 3 nitrogen and oxygen atoms in total. The van der Waals surface area contributed by atoms with Gasteiger partial charge in [0, 0.05) is 10.4 Å². The van der Waals surface area contributed by atoms with Crippen molar-refractivity contribution in [3.8, 4) is 11.1 Å². The number of thiophene rings is 1. The highest BCUT2D eigenvalue weighted by atomic mass is 32.1.